The van der Waals surface area contributed by atoms with Gasteiger partial charge < -0.3 is 20.1 Å². The van der Waals surface area contributed by atoms with Crippen molar-refractivity contribution < 1.29 is 14.3 Å². The van der Waals surface area contributed by atoms with E-state index in [1.54, 1.807) is 12.0 Å². The largest absolute Gasteiger partial charge is 0.380 e. The van der Waals surface area contributed by atoms with Crippen molar-refractivity contribution in [3.8, 4) is 0 Å². The first-order valence-corrected chi connectivity index (χ1v) is 5.34. The molecule has 0 aromatic rings. The van der Waals surface area contributed by atoms with E-state index < -0.39 is 5.54 Å². The molecular formula is C10H18N2O3. The average molecular weight is 214 g/mol. The Kier molecular flexibility index (Phi) is 2.95. The lowest BCUT2D eigenvalue weighted by Gasteiger charge is -2.27. The minimum Gasteiger partial charge on any atom is -0.380 e. The molecule has 0 bridgehead atoms. The Balaban J connectivity index is 1.96. The van der Waals surface area contributed by atoms with Crippen LogP contribution >= 0.6 is 0 Å². The maximum Gasteiger partial charge on any atom is 0.245 e. The Bertz CT molecular complexity index is 251. The predicted molar refractivity (Wildman–Crippen MR) is 54.3 cm³/mol. The van der Waals surface area contributed by atoms with Gasteiger partial charge in [-0.3, -0.25) is 4.79 Å². The third-order valence-corrected chi connectivity index (χ3v) is 3.24. The van der Waals surface area contributed by atoms with E-state index in [9.17, 15) is 4.79 Å². The molecule has 0 spiro atoms. The fraction of sp³-hybridized carbons (Fsp3) is 0.900. The van der Waals surface area contributed by atoms with E-state index in [4.69, 9.17) is 15.2 Å². The Labute approximate surface area is 89.5 Å². The summed E-state index contributed by atoms with van der Waals surface area (Å²) in [5, 5.41) is 0. The van der Waals surface area contributed by atoms with Gasteiger partial charge in [0, 0.05) is 26.8 Å². The van der Waals surface area contributed by atoms with Gasteiger partial charge in [0.2, 0.25) is 5.91 Å². The number of nitrogens with zero attached hydrogens (tertiary/aromatic N) is 1. The Morgan fingerprint density at radius 2 is 2.47 bits per heavy atom. The average Bonchev–Trinajstić information content (AvgIpc) is 2.85. The molecule has 2 atom stereocenters. The van der Waals surface area contributed by atoms with Crippen molar-refractivity contribution in [1.29, 1.82) is 0 Å². The number of hydrogen-bond donors (Lipinski definition) is 1. The zero-order chi connectivity index (χ0) is 10.9. The summed E-state index contributed by atoms with van der Waals surface area (Å²) in [6.45, 7) is 2.34. The predicted octanol–water partition coefficient (Wildman–Crippen LogP) is -0.648. The van der Waals surface area contributed by atoms with Crippen molar-refractivity contribution in [1.82, 2.24) is 4.90 Å². The van der Waals surface area contributed by atoms with Gasteiger partial charge in [-0.1, -0.05) is 0 Å². The Morgan fingerprint density at radius 1 is 1.67 bits per heavy atom. The van der Waals surface area contributed by atoms with Gasteiger partial charge in [0.15, 0.2) is 0 Å². The minimum absolute atomic E-state index is 0.0135. The molecule has 0 radical (unpaired) electrons. The summed E-state index contributed by atoms with van der Waals surface area (Å²) in [6, 6.07) is 0. The lowest BCUT2D eigenvalue weighted by molar-refractivity contribution is -0.136. The summed E-state index contributed by atoms with van der Waals surface area (Å²) in [7, 11) is 1.68. The number of carbonyl (C=O) groups is 1. The summed E-state index contributed by atoms with van der Waals surface area (Å²) in [4.78, 5) is 13.9. The topological polar surface area (TPSA) is 64.8 Å². The van der Waals surface area contributed by atoms with Crippen LogP contribution in [-0.2, 0) is 14.3 Å². The number of nitrogens with two attached hydrogens (primary N) is 1. The molecule has 2 N–H and O–H groups in total. The van der Waals surface area contributed by atoms with E-state index in [-0.39, 0.29) is 12.0 Å². The van der Waals surface area contributed by atoms with E-state index in [0.717, 1.165) is 13.0 Å². The molecule has 0 aliphatic carbocycles. The maximum atomic E-state index is 12.1. The lowest BCUT2D eigenvalue weighted by atomic mass is 9.98. The minimum atomic E-state index is -0.789. The number of rotatable bonds is 2. The highest BCUT2D eigenvalue weighted by Crippen LogP contribution is 2.22. The highest BCUT2D eigenvalue weighted by atomic mass is 16.5. The first-order valence-electron chi connectivity index (χ1n) is 5.34. The van der Waals surface area contributed by atoms with Crippen LogP contribution in [-0.4, -0.2) is 55.9 Å². The zero-order valence-corrected chi connectivity index (χ0v) is 9.07. The van der Waals surface area contributed by atoms with Crippen LogP contribution in [0, 0.1) is 0 Å². The molecule has 5 nitrogen and oxygen atoms in total. The number of methoxy groups -OCH3 is 1. The second kappa shape index (κ2) is 4.08. The smallest absolute Gasteiger partial charge is 0.245 e. The summed E-state index contributed by atoms with van der Waals surface area (Å²) in [6.07, 6.45) is 1.69. The third-order valence-electron chi connectivity index (χ3n) is 3.24. The molecule has 2 unspecified atom stereocenters. The Morgan fingerprint density at radius 3 is 3.00 bits per heavy atom. The van der Waals surface area contributed by atoms with Gasteiger partial charge in [-0.05, 0) is 12.8 Å². The highest BCUT2D eigenvalue weighted by Gasteiger charge is 2.42. The molecule has 2 aliphatic rings. The molecule has 15 heavy (non-hydrogen) atoms. The molecule has 0 saturated carbocycles. The van der Waals surface area contributed by atoms with E-state index in [1.807, 2.05) is 0 Å². The van der Waals surface area contributed by atoms with Crippen molar-refractivity contribution in [2.75, 3.05) is 33.4 Å². The van der Waals surface area contributed by atoms with Gasteiger partial charge in [-0.2, -0.15) is 0 Å². The molecular weight excluding hydrogens is 196 g/mol. The second-order valence-corrected chi connectivity index (χ2v) is 4.36. The zero-order valence-electron chi connectivity index (χ0n) is 9.07. The molecule has 1 amide bonds. The second-order valence-electron chi connectivity index (χ2n) is 4.36. The third kappa shape index (κ3) is 2.00. The van der Waals surface area contributed by atoms with Crippen molar-refractivity contribution in [3.05, 3.63) is 0 Å². The molecule has 2 heterocycles. The van der Waals surface area contributed by atoms with E-state index in [1.165, 1.54) is 0 Å². The maximum absolute atomic E-state index is 12.1. The van der Waals surface area contributed by atoms with Crippen LogP contribution in [0.5, 0.6) is 0 Å². The van der Waals surface area contributed by atoms with E-state index >= 15 is 0 Å². The van der Waals surface area contributed by atoms with Gasteiger partial charge >= 0.3 is 0 Å². The van der Waals surface area contributed by atoms with Crippen molar-refractivity contribution in [2.24, 2.45) is 5.73 Å². The van der Waals surface area contributed by atoms with Gasteiger partial charge in [-0.25, -0.2) is 0 Å². The first-order chi connectivity index (χ1) is 7.15. The number of carbonyl (C=O) groups excluding carboxylic acids is 1. The summed E-state index contributed by atoms with van der Waals surface area (Å²) < 4.78 is 10.4. The van der Waals surface area contributed by atoms with Crippen LogP contribution in [0.4, 0.5) is 0 Å². The van der Waals surface area contributed by atoms with Crippen LogP contribution in [0.3, 0.4) is 0 Å². The van der Waals surface area contributed by atoms with Crippen molar-refractivity contribution >= 4 is 5.91 Å². The fourth-order valence-electron chi connectivity index (χ4n) is 2.17. The number of hydrogen-bond acceptors (Lipinski definition) is 4. The van der Waals surface area contributed by atoms with E-state index in [2.05, 4.69) is 0 Å². The van der Waals surface area contributed by atoms with E-state index in [0.29, 0.717) is 26.2 Å². The van der Waals surface area contributed by atoms with Crippen LogP contribution < -0.4 is 5.73 Å². The molecule has 86 valence electrons. The van der Waals surface area contributed by atoms with Gasteiger partial charge in [0.1, 0.15) is 5.54 Å². The van der Waals surface area contributed by atoms with Crippen molar-refractivity contribution in [3.63, 3.8) is 0 Å². The van der Waals surface area contributed by atoms with Crippen LogP contribution in [0.15, 0.2) is 0 Å². The van der Waals surface area contributed by atoms with Gasteiger partial charge in [0.25, 0.3) is 0 Å². The molecule has 2 fully saturated rings. The van der Waals surface area contributed by atoms with Gasteiger partial charge in [0.05, 0.1) is 12.7 Å². The fourth-order valence-corrected chi connectivity index (χ4v) is 2.17. The number of ether oxygens (including phenoxy) is 2. The summed E-state index contributed by atoms with van der Waals surface area (Å²) >= 11 is 0. The standard InChI is InChI=1S/C10H18N2O3/c1-14-8-2-4-12(6-8)9(13)10(11)3-5-15-7-10/h8H,2-7,11H2,1H3. The number of amides is 1. The number of likely N-dealkylation sites (tertiary alicyclic amines) is 1. The normalized spacial score (nSPS) is 36.1. The van der Waals surface area contributed by atoms with Crippen LogP contribution in [0.2, 0.25) is 0 Å². The monoisotopic (exact) mass is 214 g/mol. The highest BCUT2D eigenvalue weighted by molar-refractivity contribution is 5.86. The molecule has 2 aliphatic heterocycles. The van der Waals surface area contributed by atoms with Crippen LogP contribution in [0.1, 0.15) is 12.8 Å². The molecule has 0 aromatic carbocycles. The summed E-state index contributed by atoms with van der Waals surface area (Å²) in [5.74, 6) is 0.0135. The van der Waals surface area contributed by atoms with Crippen LogP contribution in [0.25, 0.3) is 0 Å². The lowest BCUT2D eigenvalue weighted by Crippen LogP contribution is -2.55. The van der Waals surface area contributed by atoms with Crippen molar-refractivity contribution in [2.45, 2.75) is 24.5 Å². The quantitative estimate of drug-likeness (QED) is 0.663. The SMILES string of the molecule is COC1CCN(C(=O)C2(N)CCOC2)C1. The molecule has 2 saturated heterocycles. The molecule has 0 aromatic heterocycles. The summed E-state index contributed by atoms with van der Waals surface area (Å²) in [5.41, 5.74) is 5.22. The Hall–Kier alpha value is -0.650. The first kappa shape index (κ1) is 10.9. The van der Waals surface area contributed by atoms with Gasteiger partial charge in [-0.15, -0.1) is 0 Å². The molecule has 2 rings (SSSR count). The molecule has 5 heteroatoms.